The van der Waals surface area contributed by atoms with Crippen LogP contribution in [0.3, 0.4) is 0 Å². The predicted octanol–water partition coefficient (Wildman–Crippen LogP) is 3.40. The molecule has 17 heavy (non-hydrogen) atoms. The maximum atomic E-state index is 5.12. The molecule has 96 valence electrons. The van der Waals surface area contributed by atoms with Gasteiger partial charge in [-0.05, 0) is 24.8 Å². The van der Waals surface area contributed by atoms with Gasteiger partial charge in [0, 0.05) is 25.8 Å². The first-order valence-electron chi connectivity index (χ1n) is 6.45. The lowest BCUT2D eigenvalue weighted by Crippen LogP contribution is -2.34. The lowest BCUT2D eigenvalue weighted by atomic mass is 9.95. The van der Waals surface area contributed by atoms with Gasteiger partial charge in [-0.25, -0.2) is 0 Å². The van der Waals surface area contributed by atoms with Crippen molar-refractivity contribution in [2.24, 2.45) is 5.92 Å². The average Bonchev–Trinajstić information content (AvgIpc) is 2.34. The summed E-state index contributed by atoms with van der Waals surface area (Å²) < 4.78 is 5.12. The van der Waals surface area contributed by atoms with Crippen molar-refractivity contribution in [1.82, 2.24) is 5.32 Å². The van der Waals surface area contributed by atoms with E-state index >= 15 is 0 Å². The van der Waals surface area contributed by atoms with Crippen molar-refractivity contribution in [3.63, 3.8) is 0 Å². The molecule has 0 aliphatic carbocycles. The number of hydrogen-bond donors (Lipinski definition) is 1. The Kier molecular flexibility index (Phi) is 6.23. The van der Waals surface area contributed by atoms with E-state index in [-0.39, 0.29) is 0 Å². The molecule has 1 N–H and O–H groups in total. The fraction of sp³-hybridized carbons (Fsp3) is 0.600. The molecule has 0 aromatic heterocycles. The van der Waals surface area contributed by atoms with Gasteiger partial charge in [-0.15, -0.1) is 0 Å². The summed E-state index contributed by atoms with van der Waals surface area (Å²) >= 11 is 0. The van der Waals surface area contributed by atoms with Crippen LogP contribution in [0.4, 0.5) is 0 Å². The van der Waals surface area contributed by atoms with Gasteiger partial charge in [-0.2, -0.15) is 0 Å². The summed E-state index contributed by atoms with van der Waals surface area (Å²) in [4.78, 5) is 0. The van der Waals surface area contributed by atoms with Gasteiger partial charge < -0.3 is 10.1 Å². The Labute approximate surface area is 105 Å². The highest BCUT2D eigenvalue weighted by Crippen LogP contribution is 2.22. The number of hydrogen-bond acceptors (Lipinski definition) is 2. The van der Waals surface area contributed by atoms with E-state index in [2.05, 4.69) is 56.4 Å². The number of ether oxygens (including phenoxy) is 1. The molecule has 1 aromatic rings. The van der Waals surface area contributed by atoms with Crippen LogP contribution in [0.1, 0.15) is 38.8 Å². The number of methoxy groups -OCH3 is 1. The molecule has 0 saturated heterocycles. The highest BCUT2D eigenvalue weighted by atomic mass is 16.5. The molecule has 0 aliphatic heterocycles. The summed E-state index contributed by atoms with van der Waals surface area (Å²) in [5.41, 5.74) is 1.37. The Morgan fingerprint density at radius 2 is 1.76 bits per heavy atom. The molecule has 2 atom stereocenters. The van der Waals surface area contributed by atoms with E-state index in [4.69, 9.17) is 4.74 Å². The van der Waals surface area contributed by atoms with E-state index in [1.807, 2.05) is 0 Å². The van der Waals surface area contributed by atoms with Crippen molar-refractivity contribution < 1.29 is 4.74 Å². The molecule has 2 unspecified atom stereocenters. The Morgan fingerprint density at radius 1 is 1.12 bits per heavy atom. The zero-order valence-electron chi connectivity index (χ0n) is 11.4. The van der Waals surface area contributed by atoms with Crippen LogP contribution in [0.5, 0.6) is 0 Å². The molecule has 0 bridgehead atoms. The van der Waals surface area contributed by atoms with E-state index < -0.39 is 0 Å². The minimum atomic E-state index is 0.419. The highest BCUT2D eigenvalue weighted by molar-refractivity contribution is 5.19. The minimum absolute atomic E-state index is 0.419. The smallest absolute Gasteiger partial charge is 0.0476 e. The third-order valence-corrected chi connectivity index (χ3v) is 3.04. The molecule has 1 rings (SSSR count). The average molecular weight is 235 g/mol. The van der Waals surface area contributed by atoms with Crippen LogP contribution in [-0.2, 0) is 4.74 Å². The zero-order valence-corrected chi connectivity index (χ0v) is 11.4. The van der Waals surface area contributed by atoms with Crippen LogP contribution in [0.25, 0.3) is 0 Å². The summed E-state index contributed by atoms with van der Waals surface area (Å²) in [5.74, 6) is 0.586. The number of benzene rings is 1. The van der Waals surface area contributed by atoms with Crippen LogP contribution in [-0.4, -0.2) is 19.8 Å². The third-order valence-electron chi connectivity index (χ3n) is 3.04. The van der Waals surface area contributed by atoms with E-state index in [0.29, 0.717) is 18.0 Å². The lowest BCUT2D eigenvalue weighted by Gasteiger charge is -2.27. The maximum Gasteiger partial charge on any atom is 0.0476 e. The van der Waals surface area contributed by atoms with Gasteiger partial charge >= 0.3 is 0 Å². The van der Waals surface area contributed by atoms with E-state index in [1.165, 1.54) is 5.56 Å². The lowest BCUT2D eigenvalue weighted by molar-refractivity contribution is 0.180. The molecular formula is C15H25NO. The van der Waals surface area contributed by atoms with Crippen molar-refractivity contribution >= 4 is 0 Å². The van der Waals surface area contributed by atoms with E-state index in [0.717, 1.165) is 13.0 Å². The molecule has 0 heterocycles. The van der Waals surface area contributed by atoms with Crippen LogP contribution >= 0.6 is 0 Å². The molecule has 2 nitrogen and oxygen atoms in total. The van der Waals surface area contributed by atoms with Gasteiger partial charge in [0.1, 0.15) is 0 Å². The van der Waals surface area contributed by atoms with Crippen molar-refractivity contribution in [2.75, 3.05) is 13.7 Å². The topological polar surface area (TPSA) is 21.3 Å². The van der Waals surface area contributed by atoms with Crippen LogP contribution in [0.15, 0.2) is 30.3 Å². The largest absolute Gasteiger partial charge is 0.385 e. The Bertz CT molecular complexity index is 297. The molecule has 0 radical (unpaired) electrons. The Balaban J connectivity index is 2.61. The van der Waals surface area contributed by atoms with E-state index in [9.17, 15) is 0 Å². The van der Waals surface area contributed by atoms with Gasteiger partial charge in [0.25, 0.3) is 0 Å². The van der Waals surface area contributed by atoms with Gasteiger partial charge in [-0.3, -0.25) is 0 Å². The first-order valence-corrected chi connectivity index (χ1v) is 6.45. The summed E-state index contributed by atoms with van der Waals surface area (Å²) in [7, 11) is 1.75. The quantitative estimate of drug-likeness (QED) is 0.782. The molecule has 1 aromatic carbocycles. The zero-order chi connectivity index (χ0) is 12.7. The van der Waals surface area contributed by atoms with Crippen LogP contribution in [0, 0.1) is 5.92 Å². The first kappa shape index (κ1) is 14.2. The third kappa shape index (κ3) is 4.88. The molecule has 0 amide bonds. The molecular weight excluding hydrogens is 210 g/mol. The maximum absolute atomic E-state index is 5.12. The fourth-order valence-corrected chi connectivity index (χ4v) is 2.02. The highest BCUT2D eigenvalue weighted by Gasteiger charge is 2.17. The Morgan fingerprint density at radius 3 is 2.29 bits per heavy atom. The van der Waals surface area contributed by atoms with Gasteiger partial charge in [0.2, 0.25) is 0 Å². The van der Waals surface area contributed by atoms with Crippen LogP contribution in [0.2, 0.25) is 0 Å². The van der Waals surface area contributed by atoms with Gasteiger partial charge in [0.15, 0.2) is 0 Å². The minimum Gasteiger partial charge on any atom is -0.385 e. The Hall–Kier alpha value is -0.860. The monoisotopic (exact) mass is 235 g/mol. The van der Waals surface area contributed by atoms with Crippen molar-refractivity contribution in [1.29, 1.82) is 0 Å². The number of rotatable bonds is 7. The van der Waals surface area contributed by atoms with Gasteiger partial charge in [-0.1, -0.05) is 44.2 Å². The number of nitrogens with one attached hydrogen (secondary N) is 1. The van der Waals surface area contributed by atoms with Gasteiger partial charge in [0.05, 0.1) is 0 Å². The SMILES string of the molecule is COCCC(C)NC(c1ccccc1)C(C)C. The standard InChI is InChI=1S/C15H25NO/c1-12(2)15(14-8-6-5-7-9-14)16-13(3)10-11-17-4/h5-9,12-13,15-16H,10-11H2,1-4H3. The summed E-state index contributed by atoms with van der Waals surface area (Å²) in [6, 6.07) is 11.6. The second-order valence-electron chi connectivity index (χ2n) is 4.98. The van der Waals surface area contributed by atoms with Crippen LogP contribution < -0.4 is 5.32 Å². The molecule has 0 fully saturated rings. The molecule has 0 saturated carbocycles. The normalized spacial score (nSPS) is 14.9. The second-order valence-corrected chi connectivity index (χ2v) is 4.98. The van der Waals surface area contributed by atoms with Crippen molar-refractivity contribution in [3.05, 3.63) is 35.9 Å². The summed E-state index contributed by atoms with van der Waals surface area (Å²) in [6.45, 7) is 7.55. The fourth-order valence-electron chi connectivity index (χ4n) is 2.02. The predicted molar refractivity (Wildman–Crippen MR) is 73.1 cm³/mol. The molecule has 0 spiro atoms. The van der Waals surface area contributed by atoms with Crippen molar-refractivity contribution in [3.8, 4) is 0 Å². The van der Waals surface area contributed by atoms with E-state index in [1.54, 1.807) is 7.11 Å². The van der Waals surface area contributed by atoms with Crippen molar-refractivity contribution in [2.45, 2.75) is 39.3 Å². The molecule has 0 aliphatic rings. The summed E-state index contributed by atoms with van der Waals surface area (Å²) in [6.07, 6.45) is 1.05. The first-order chi connectivity index (χ1) is 8.15. The second kappa shape index (κ2) is 7.46. The summed E-state index contributed by atoms with van der Waals surface area (Å²) in [5, 5.41) is 3.69. The molecule has 2 heteroatoms.